The van der Waals surface area contributed by atoms with E-state index in [-0.39, 0.29) is 36.1 Å². The lowest BCUT2D eigenvalue weighted by Gasteiger charge is -2.16. The molecule has 160 valence electrons. The number of benzene rings is 2. The molecule has 9 heteroatoms. The van der Waals surface area contributed by atoms with Crippen molar-refractivity contribution in [2.24, 2.45) is 4.99 Å². The SMILES string of the molecule is CN=C(NCc1ccc(F)c(CO)c1)NCc1cc(OC)c(OC)c(OC)c1.I. The molecular weight excluding hydrogens is 492 g/mol. The van der Waals surface area contributed by atoms with Gasteiger partial charge < -0.3 is 30.0 Å². The van der Waals surface area contributed by atoms with E-state index in [0.717, 1.165) is 11.1 Å². The molecule has 0 fully saturated rings. The number of rotatable bonds is 8. The summed E-state index contributed by atoms with van der Waals surface area (Å²) >= 11 is 0. The van der Waals surface area contributed by atoms with Crippen molar-refractivity contribution in [1.82, 2.24) is 10.6 Å². The fourth-order valence-corrected chi connectivity index (χ4v) is 2.69. The highest BCUT2D eigenvalue weighted by molar-refractivity contribution is 14.0. The van der Waals surface area contributed by atoms with Gasteiger partial charge in [0.2, 0.25) is 5.75 Å². The molecule has 29 heavy (non-hydrogen) atoms. The van der Waals surface area contributed by atoms with Crippen molar-refractivity contribution >= 4 is 29.9 Å². The van der Waals surface area contributed by atoms with Gasteiger partial charge in [-0.25, -0.2) is 4.39 Å². The number of aliphatic hydroxyl groups excluding tert-OH is 1. The van der Waals surface area contributed by atoms with E-state index in [1.165, 1.54) is 6.07 Å². The number of ether oxygens (including phenoxy) is 3. The molecule has 3 N–H and O–H groups in total. The maximum absolute atomic E-state index is 13.5. The number of aliphatic hydroxyl groups is 1. The highest BCUT2D eigenvalue weighted by Crippen LogP contribution is 2.38. The van der Waals surface area contributed by atoms with Crippen LogP contribution in [0.1, 0.15) is 16.7 Å². The number of hydrogen-bond donors (Lipinski definition) is 3. The Kier molecular flexibility index (Phi) is 10.5. The largest absolute Gasteiger partial charge is 0.493 e. The zero-order chi connectivity index (χ0) is 20.5. The van der Waals surface area contributed by atoms with Crippen LogP contribution in [0.3, 0.4) is 0 Å². The molecule has 0 aromatic heterocycles. The first-order valence-electron chi connectivity index (χ1n) is 8.67. The molecule has 2 rings (SSSR count). The molecule has 0 saturated heterocycles. The molecule has 0 radical (unpaired) electrons. The summed E-state index contributed by atoms with van der Waals surface area (Å²) in [6.45, 7) is 0.567. The minimum atomic E-state index is -0.420. The molecule has 0 bridgehead atoms. The molecular formula is C20H27FIN3O4. The first kappa shape index (κ1) is 24.8. The van der Waals surface area contributed by atoms with Gasteiger partial charge in [0.15, 0.2) is 17.5 Å². The highest BCUT2D eigenvalue weighted by atomic mass is 127. The first-order valence-corrected chi connectivity index (χ1v) is 8.67. The van der Waals surface area contributed by atoms with Gasteiger partial charge in [0.25, 0.3) is 0 Å². The van der Waals surface area contributed by atoms with Gasteiger partial charge in [-0.15, -0.1) is 24.0 Å². The number of methoxy groups -OCH3 is 3. The van der Waals surface area contributed by atoms with E-state index in [1.807, 2.05) is 12.1 Å². The maximum Gasteiger partial charge on any atom is 0.203 e. The predicted molar refractivity (Wildman–Crippen MR) is 121 cm³/mol. The summed E-state index contributed by atoms with van der Waals surface area (Å²) in [5, 5.41) is 15.5. The van der Waals surface area contributed by atoms with Crippen LogP contribution in [0.25, 0.3) is 0 Å². The zero-order valence-corrected chi connectivity index (χ0v) is 19.2. The monoisotopic (exact) mass is 519 g/mol. The smallest absolute Gasteiger partial charge is 0.203 e. The second-order valence-electron chi connectivity index (χ2n) is 5.90. The van der Waals surface area contributed by atoms with E-state index in [4.69, 9.17) is 14.2 Å². The molecule has 0 spiro atoms. The first-order chi connectivity index (χ1) is 13.6. The van der Waals surface area contributed by atoms with Crippen LogP contribution in [-0.4, -0.2) is 39.4 Å². The molecule has 7 nitrogen and oxygen atoms in total. The third kappa shape index (κ3) is 6.64. The number of hydrogen-bond acceptors (Lipinski definition) is 5. The van der Waals surface area contributed by atoms with Gasteiger partial charge in [-0.05, 0) is 35.4 Å². The van der Waals surface area contributed by atoms with Crippen LogP contribution in [0.4, 0.5) is 4.39 Å². The summed E-state index contributed by atoms with van der Waals surface area (Å²) in [7, 11) is 6.35. The summed E-state index contributed by atoms with van der Waals surface area (Å²) in [5.74, 6) is 1.83. The van der Waals surface area contributed by atoms with Gasteiger partial charge in [0.1, 0.15) is 5.82 Å². The Balaban J connectivity index is 0.00000420. The van der Waals surface area contributed by atoms with E-state index in [9.17, 15) is 9.50 Å². The zero-order valence-electron chi connectivity index (χ0n) is 16.9. The molecule has 0 aliphatic heterocycles. The predicted octanol–water partition coefficient (Wildman–Crippen LogP) is 2.83. The summed E-state index contributed by atoms with van der Waals surface area (Å²) in [6.07, 6.45) is 0. The van der Waals surface area contributed by atoms with Crippen LogP contribution in [-0.2, 0) is 19.7 Å². The molecule has 2 aromatic carbocycles. The van der Waals surface area contributed by atoms with Crippen LogP contribution in [0, 0.1) is 5.82 Å². The number of aliphatic imine (C=N–C) groups is 1. The standard InChI is InChI=1S/C20H26FN3O4.HI/c1-22-20(23-10-13-5-6-16(21)15(7-13)12-25)24-11-14-8-17(26-2)19(28-4)18(9-14)27-3;/h5-9,25H,10-12H2,1-4H3,(H2,22,23,24);1H. The van der Waals surface area contributed by atoms with Crippen LogP contribution < -0.4 is 24.8 Å². The van der Waals surface area contributed by atoms with Gasteiger partial charge in [0.05, 0.1) is 27.9 Å². The third-order valence-electron chi connectivity index (χ3n) is 4.15. The van der Waals surface area contributed by atoms with Crippen molar-refractivity contribution in [2.45, 2.75) is 19.7 Å². The van der Waals surface area contributed by atoms with Gasteiger partial charge in [-0.1, -0.05) is 6.07 Å². The second-order valence-corrected chi connectivity index (χ2v) is 5.90. The van der Waals surface area contributed by atoms with Gasteiger partial charge in [-0.2, -0.15) is 0 Å². The quantitative estimate of drug-likeness (QED) is 0.283. The Morgan fingerprint density at radius 1 is 0.966 bits per heavy atom. The minimum Gasteiger partial charge on any atom is -0.493 e. The van der Waals surface area contributed by atoms with Gasteiger partial charge in [0, 0.05) is 25.7 Å². The maximum atomic E-state index is 13.5. The summed E-state index contributed by atoms with van der Waals surface area (Å²) < 4.78 is 29.5. The normalized spacial score (nSPS) is 10.8. The van der Waals surface area contributed by atoms with Crippen molar-refractivity contribution < 1.29 is 23.7 Å². The van der Waals surface area contributed by atoms with Crippen LogP contribution in [0.15, 0.2) is 35.3 Å². The fraction of sp³-hybridized carbons (Fsp3) is 0.350. The van der Waals surface area contributed by atoms with Crippen LogP contribution in [0.5, 0.6) is 17.2 Å². The van der Waals surface area contributed by atoms with Gasteiger partial charge >= 0.3 is 0 Å². The minimum absolute atomic E-state index is 0. The second kappa shape index (κ2) is 12.3. The van der Waals surface area contributed by atoms with E-state index in [2.05, 4.69) is 15.6 Å². The van der Waals surface area contributed by atoms with E-state index >= 15 is 0 Å². The van der Waals surface area contributed by atoms with Crippen molar-refractivity contribution in [3.05, 3.63) is 52.8 Å². The van der Waals surface area contributed by atoms with E-state index in [0.29, 0.717) is 36.3 Å². The van der Waals surface area contributed by atoms with Crippen LogP contribution in [0.2, 0.25) is 0 Å². The highest BCUT2D eigenvalue weighted by Gasteiger charge is 2.13. The van der Waals surface area contributed by atoms with Crippen molar-refractivity contribution in [1.29, 1.82) is 0 Å². The van der Waals surface area contributed by atoms with Crippen molar-refractivity contribution in [3.8, 4) is 17.2 Å². The van der Waals surface area contributed by atoms with E-state index in [1.54, 1.807) is 40.5 Å². The average Bonchev–Trinajstić information content (AvgIpc) is 2.73. The number of halogens is 2. The average molecular weight is 519 g/mol. The number of nitrogens with zero attached hydrogens (tertiary/aromatic N) is 1. The Morgan fingerprint density at radius 2 is 1.55 bits per heavy atom. The lowest BCUT2D eigenvalue weighted by Crippen LogP contribution is -2.36. The Hall–Kier alpha value is -2.27. The molecule has 0 unspecified atom stereocenters. The summed E-state index contributed by atoms with van der Waals surface area (Å²) in [6, 6.07) is 8.34. The lowest BCUT2D eigenvalue weighted by molar-refractivity contribution is 0.275. The lowest BCUT2D eigenvalue weighted by atomic mass is 10.1. The van der Waals surface area contributed by atoms with Crippen LogP contribution >= 0.6 is 24.0 Å². The Labute approximate surface area is 187 Å². The van der Waals surface area contributed by atoms with Crippen molar-refractivity contribution in [2.75, 3.05) is 28.4 Å². The molecule has 0 aliphatic rings. The molecule has 0 heterocycles. The molecule has 2 aromatic rings. The molecule has 0 amide bonds. The molecule has 0 aliphatic carbocycles. The number of guanidine groups is 1. The fourth-order valence-electron chi connectivity index (χ4n) is 2.69. The van der Waals surface area contributed by atoms with E-state index < -0.39 is 5.82 Å². The topological polar surface area (TPSA) is 84.3 Å². The third-order valence-corrected chi connectivity index (χ3v) is 4.15. The number of nitrogens with one attached hydrogen (secondary N) is 2. The van der Waals surface area contributed by atoms with Gasteiger partial charge in [-0.3, -0.25) is 4.99 Å². The Morgan fingerprint density at radius 3 is 2.03 bits per heavy atom. The summed E-state index contributed by atoms with van der Waals surface area (Å²) in [5.41, 5.74) is 2.02. The van der Waals surface area contributed by atoms with Crippen molar-refractivity contribution in [3.63, 3.8) is 0 Å². The molecule has 0 saturated carbocycles. The molecule has 0 atom stereocenters. The Bertz CT molecular complexity index is 808. The summed E-state index contributed by atoms with van der Waals surface area (Å²) in [4.78, 5) is 4.18.